The van der Waals surface area contributed by atoms with E-state index in [4.69, 9.17) is 16.4 Å². The van der Waals surface area contributed by atoms with E-state index in [1.165, 1.54) is 4.90 Å². The summed E-state index contributed by atoms with van der Waals surface area (Å²) in [5.74, 6) is -1.13. The van der Waals surface area contributed by atoms with Gasteiger partial charge in [0.25, 0.3) is 5.91 Å². The van der Waals surface area contributed by atoms with Gasteiger partial charge in [0.15, 0.2) is 6.10 Å². The van der Waals surface area contributed by atoms with Gasteiger partial charge in [0.2, 0.25) is 5.91 Å². The smallest absolute Gasteiger partial charge is 0.262 e. The largest absolute Gasteiger partial charge is 0.275 e. The zero-order valence-electron chi connectivity index (χ0n) is 17.4. The van der Waals surface area contributed by atoms with Crippen molar-refractivity contribution in [1.29, 1.82) is 0 Å². The van der Waals surface area contributed by atoms with Crippen LogP contribution in [0.4, 0.5) is 5.69 Å². The van der Waals surface area contributed by atoms with Crippen molar-refractivity contribution in [1.82, 2.24) is 4.90 Å². The molecule has 0 saturated carbocycles. The minimum absolute atomic E-state index is 0.209. The molecule has 0 N–H and O–H groups in total. The van der Waals surface area contributed by atoms with Crippen LogP contribution in [0, 0.1) is 5.92 Å². The summed E-state index contributed by atoms with van der Waals surface area (Å²) in [5.41, 5.74) is 2.58. The molecule has 2 amide bonds. The minimum Gasteiger partial charge on any atom is -0.275 e. The number of amides is 2. The molecule has 7 heteroatoms. The second kappa shape index (κ2) is 8.62. The standard InChI is InChI=1S/C25H21ClN2O3S/c1-32-20-13-7-17(8-14-20)22-21-23(31-28(22)19-11-9-18(26)10-12-19)25(30)27(24(21)29)15-16-5-3-2-4-6-16/h2-14,21-23H,15H2,1H3/t21-,22+,23-/m0/s1. The lowest BCUT2D eigenvalue weighted by molar-refractivity contribution is -0.143. The van der Waals surface area contributed by atoms with Crippen molar-refractivity contribution in [2.24, 2.45) is 5.92 Å². The summed E-state index contributed by atoms with van der Waals surface area (Å²) < 4.78 is 0. The molecule has 5 nitrogen and oxygen atoms in total. The van der Waals surface area contributed by atoms with Crippen molar-refractivity contribution in [2.45, 2.75) is 23.6 Å². The predicted octanol–water partition coefficient (Wildman–Crippen LogP) is 5.11. The lowest BCUT2D eigenvalue weighted by atomic mass is 9.90. The summed E-state index contributed by atoms with van der Waals surface area (Å²) in [4.78, 5) is 35.4. The molecule has 2 aliphatic heterocycles. The molecule has 5 rings (SSSR count). The van der Waals surface area contributed by atoms with E-state index >= 15 is 0 Å². The second-order valence-electron chi connectivity index (χ2n) is 7.82. The number of thioether (sulfide) groups is 1. The summed E-state index contributed by atoms with van der Waals surface area (Å²) in [6, 6.07) is 24.4. The summed E-state index contributed by atoms with van der Waals surface area (Å²) in [7, 11) is 0. The molecule has 162 valence electrons. The third-order valence-corrected chi connectivity index (χ3v) is 6.92. The van der Waals surface area contributed by atoms with Crippen molar-refractivity contribution in [3.8, 4) is 0 Å². The van der Waals surface area contributed by atoms with Crippen LogP contribution in [0.3, 0.4) is 0 Å². The third kappa shape index (κ3) is 3.68. The molecular formula is C25H21ClN2O3S. The van der Waals surface area contributed by atoms with Crippen molar-refractivity contribution >= 4 is 40.9 Å². The van der Waals surface area contributed by atoms with E-state index in [2.05, 4.69) is 0 Å². The van der Waals surface area contributed by atoms with E-state index in [0.717, 1.165) is 21.7 Å². The zero-order chi connectivity index (χ0) is 22.2. The van der Waals surface area contributed by atoms with E-state index < -0.39 is 18.1 Å². The summed E-state index contributed by atoms with van der Waals surface area (Å²) in [5, 5.41) is 2.30. The first kappa shape index (κ1) is 21.1. The molecule has 2 saturated heterocycles. The number of rotatable bonds is 5. The van der Waals surface area contributed by atoms with E-state index in [1.807, 2.05) is 73.0 Å². The lowest BCUT2D eigenvalue weighted by Gasteiger charge is -2.29. The maximum Gasteiger partial charge on any atom is 0.262 e. The number of carbonyl (C=O) groups is 2. The average molecular weight is 465 g/mol. The second-order valence-corrected chi connectivity index (χ2v) is 9.14. The number of benzene rings is 3. The highest BCUT2D eigenvalue weighted by atomic mass is 35.5. The van der Waals surface area contributed by atoms with E-state index in [-0.39, 0.29) is 18.4 Å². The van der Waals surface area contributed by atoms with Crippen LogP contribution in [0.25, 0.3) is 0 Å². The SMILES string of the molecule is CSc1ccc([C@@H]2[C@@H]3C(=O)N(Cc4ccccc4)C(=O)[C@H]3ON2c2ccc(Cl)cc2)cc1. The number of anilines is 1. The van der Waals surface area contributed by atoms with Crippen LogP contribution in [0.2, 0.25) is 5.02 Å². The molecule has 0 unspecified atom stereocenters. The maximum atomic E-state index is 13.5. The minimum atomic E-state index is -0.855. The Balaban J connectivity index is 1.52. The number of hydrogen-bond acceptors (Lipinski definition) is 5. The van der Waals surface area contributed by atoms with E-state index in [9.17, 15) is 9.59 Å². The van der Waals surface area contributed by atoms with Crippen LogP contribution in [-0.4, -0.2) is 29.1 Å². The molecule has 0 spiro atoms. The summed E-state index contributed by atoms with van der Waals surface area (Å²) in [6.07, 6.45) is 1.16. The van der Waals surface area contributed by atoms with E-state index in [1.54, 1.807) is 29.0 Å². The number of carbonyl (C=O) groups excluding carboxylic acids is 2. The lowest BCUT2D eigenvalue weighted by Crippen LogP contribution is -2.36. The van der Waals surface area contributed by atoms with Gasteiger partial charge in [-0.3, -0.25) is 19.3 Å². The molecule has 0 aliphatic carbocycles. The van der Waals surface area contributed by atoms with Gasteiger partial charge in [-0.15, -0.1) is 11.8 Å². The van der Waals surface area contributed by atoms with Gasteiger partial charge >= 0.3 is 0 Å². The number of halogens is 1. The molecule has 0 aromatic heterocycles. The van der Waals surface area contributed by atoms with Crippen LogP contribution in [0.1, 0.15) is 17.2 Å². The molecule has 3 atom stereocenters. The van der Waals surface area contributed by atoms with Crippen LogP contribution in [-0.2, 0) is 21.0 Å². The number of imide groups is 1. The molecule has 32 heavy (non-hydrogen) atoms. The van der Waals surface area contributed by atoms with Crippen molar-refractivity contribution in [2.75, 3.05) is 11.3 Å². The highest BCUT2D eigenvalue weighted by Gasteiger charge is 2.59. The Hall–Kier alpha value is -2.80. The van der Waals surface area contributed by atoms with Gasteiger partial charge in [-0.25, -0.2) is 5.06 Å². The predicted molar refractivity (Wildman–Crippen MR) is 125 cm³/mol. The Bertz CT molecular complexity index is 1140. The number of hydroxylamine groups is 1. The van der Waals surface area contributed by atoms with Crippen LogP contribution < -0.4 is 5.06 Å². The molecule has 0 radical (unpaired) electrons. The number of fused-ring (bicyclic) bond motifs is 1. The Labute approximate surface area is 195 Å². The maximum absolute atomic E-state index is 13.5. The van der Waals surface area contributed by atoms with Crippen molar-refractivity contribution in [3.05, 3.63) is 95.0 Å². The molecule has 3 aromatic rings. The van der Waals surface area contributed by atoms with Gasteiger partial charge in [0.1, 0.15) is 5.92 Å². The van der Waals surface area contributed by atoms with Gasteiger partial charge in [0, 0.05) is 9.92 Å². The summed E-state index contributed by atoms with van der Waals surface area (Å²) >= 11 is 7.72. The highest BCUT2D eigenvalue weighted by molar-refractivity contribution is 7.98. The van der Waals surface area contributed by atoms with Crippen LogP contribution in [0.15, 0.2) is 83.8 Å². The Morgan fingerprint density at radius 2 is 1.59 bits per heavy atom. The van der Waals surface area contributed by atoms with Gasteiger partial charge in [-0.2, -0.15) is 0 Å². The first-order chi connectivity index (χ1) is 15.6. The van der Waals surface area contributed by atoms with Gasteiger partial charge in [-0.05, 0) is 53.8 Å². The van der Waals surface area contributed by atoms with Gasteiger partial charge < -0.3 is 0 Å². The normalized spacial score (nSPS) is 22.5. The molecule has 0 bridgehead atoms. The summed E-state index contributed by atoms with van der Waals surface area (Å²) in [6.45, 7) is 0.244. The third-order valence-electron chi connectivity index (χ3n) is 5.93. The molecule has 2 heterocycles. The monoisotopic (exact) mass is 464 g/mol. The first-order valence-electron chi connectivity index (χ1n) is 10.3. The Morgan fingerprint density at radius 1 is 0.906 bits per heavy atom. The quantitative estimate of drug-likeness (QED) is 0.388. The molecule has 2 fully saturated rings. The Kier molecular flexibility index (Phi) is 5.67. The fourth-order valence-corrected chi connectivity index (χ4v) is 4.88. The van der Waals surface area contributed by atoms with Crippen LogP contribution >= 0.6 is 23.4 Å². The Morgan fingerprint density at radius 3 is 2.25 bits per heavy atom. The number of likely N-dealkylation sites (tertiary alicyclic amines) is 1. The zero-order valence-corrected chi connectivity index (χ0v) is 18.9. The molecule has 3 aromatic carbocycles. The first-order valence-corrected chi connectivity index (χ1v) is 11.9. The van der Waals surface area contributed by atoms with E-state index in [0.29, 0.717) is 5.02 Å². The fraction of sp³-hybridized carbons (Fsp3) is 0.200. The van der Waals surface area contributed by atoms with Gasteiger partial charge in [0.05, 0.1) is 18.3 Å². The topological polar surface area (TPSA) is 49.9 Å². The highest BCUT2D eigenvalue weighted by Crippen LogP contribution is 2.47. The average Bonchev–Trinajstić information content (AvgIpc) is 3.32. The van der Waals surface area contributed by atoms with Crippen molar-refractivity contribution < 1.29 is 14.4 Å². The van der Waals surface area contributed by atoms with Gasteiger partial charge in [-0.1, -0.05) is 54.1 Å². The molecular weight excluding hydrogens is 444 g/mol. The number of nitrogens with zero attached hydrogens (tertiary/aromatic N) is 2. The molecule has 2 aliphatic rings. The van der Waals surface area contributed by atoms with Crippen molar-refractivity contribution in [3.63, 3.8) is 0 Å². The fourth-order valence-electron chi connectivity index (χ4n) is 4.35. The van der Waals surface area contributed by atoms with Crippen LogP contribution in [0.5, 0.6) is 0 Å². The number of hydrogen-bond donors (Lipinski definition) is 0.